The number of benzene rings is 3. The van der Waals surface area contributed by atoms with E-state index in [1.165, 1.54) is 50.1 Å². The Morgan fingerprint density at radius 1 is 0.821 bits per heavy atom. The summed E-state index contributed by atoms with van der Waals surface area (Å²) in [6.45, 7) is 6.45. The molecule has 2 nitrogen and oxygen atoms in total. The van der Waals surface area contributed by atoms with E-state index in [2.05, 4.69) is 133 Å². The molecule has 0 spiro atoms. The van der Waals surface area contributed by atoms with Crippen molar-refractivity contribution in [3.63, 3.8) is 0 Å². The van der Waals surface area contributed by atoms with Gasteiger partial charge < -0.3 is 4.57 Å². The monoisotopic (exact) mass is 502 g/mol. The maximum atomic E-state index is 5.00. The third-order valence-corrected chi connectivity index (χ3v) is 8.06. The number of rotatable bonds is 4. The van der Waals surface area contributed by atoms with Crippen LogP contribution >= 0.6 is 0 Å². The van der Waals surface area contributed by atoms with Crippen molar-refractivity contribution in [2.24, 2.45) is 4.99 Å². The molecule has 3 aliphatic carbocycles. The highest BCUT2D eigenvalue weighted by atomic mass is 15.0. The zero-order valence-electron chi connectivity index (χ0n) is 22.2. The summed E-state index contributed by atoms with van der Waals surface area (Å²) in [5, 5.41) is 1.29. The highest BCUT2D eigenvalue weighted by Gasteiger charge is 2.21. The molecule has 3 aromatic carbocycles. The lowest BCUT2D eigenvalue weighted by atomic mass is 10.0. The Morgan fingerprint density at radius 3 is 2.49 bits per heavy atom. The van der Waals surface area contributed by atoms with Gasteiger partial charge in [-0.1, -0.05) is 97.1 Å². The van der Waals surface area contributed by atoms with Crippen molar-refractivity contribution in [2.75, 3.05) is 0 Å². The molecule has 0 unspecified atom stereocenters. The third-order valence-electron chi connectivity index (χ3n) is 8.06. The molecule has 1 aromatic heterocycles. The molecule has 0 saturated heterocycles. The summed E-state index contributed by atoms with van der Waals surface area (Å²) < 4.78 is 2.38. The van der Waals surface area contributed by atoms with Gasteiger partial charge in [-0.2, -0.15) is 0 Å². The van der Waals surface area contributed by atoms with Gasteiger partial charge in [0.15, 0.2) is 0 Å². The normalized spacial score (nSPS) is 15.8. The summed E-state index contributed by atoms with van der Waals surface area (Å²) in [5.74, 6) is 0. The predicted octanol–water partition coefficient (Wildman–Crippen LogP) is 9.06. The summed E-state index contributed by atoms with van der Waals surface area (Å²) in [6.07, 6.45) is 20.5. The van der Waals surface area contributed by atoms with Crippen LogP contribution < -0.4 is 0 Å². The van der Waals surface area contributed by atoms with Crippen LogP contribution in [0.5, 0.6) is 0 Å². The summed E-state index contributed by atoms with van der Waals surface area (Å²) >= 11 is 0. The first-order chi connectivity index (χ1) is 19.2. The van der Waals surface area contributed by atoms with Crippen LogP contribution in [0, 0.1) is 0 Å². The van der Waals surface area contributed by atoms with E-state index in [-0.39, 0.29) is 0 Å². The maximum absolute atomic E-state index is 5.00. The zero-order chi connectivity index (χ0) is 26.3. The average molecular weight is 503 g/mol. The van der Waals surface area contributed by atoms with Crippen molar-refractivity contribution in [3.05, 3.63) is 155 Å². The molecule has 0 amide bonds. The minimum Gasteiger partial charge on any atom is -0.310 e. The van der Waals surface area contributed by atoms with Gasteiger partial charge in [-0.25, -0.2) is 0 Å². The van der Waals surface area contributed by atoms with Crippen molar-refractivity contribution < 1.29 is 0 Å². The van der Waals surface area contributed by atoms with Gasteiger partial charge in [-0.3, -0.25) is 4.99 Å². The number of hydrogen-bond acceptors (Lipinski definition) is 1. The number of aromatic nitrogens is 1. The highest BCUT2D eigenvalue weighted by Crippen LogP contribution is 2.38. The molecule has 0 bridgehead atoms. The van der Waals surface area contributed by atoms with E-state index in [1.54, 1.807) is 0 Å². The average Bonchev–Trinajstić information content (AvgIpc) is 3.20. The summed E-state index contributed by atoms with van der Waals surface area (Å²) in [5.41, 5.74) is 14.5. The van der Waals surface area contributed by atoms with Gasteiger partial charge in [0.25, 0.3) is 0 Å². The Morgan fingerprint density at radius 2 is 1.62 bits per heavy atom. The van der Waals surface area contributed by atoms with E-state index in [4.69, 9.17) is 4.99 Å². The molecule has 0 N–H and O–H groups in total. The molecular weight excluding hydrogens is 472 g/mol. The van der Waals surface area contributed by atoms with E-state index in [0.717, 1.165) is 41.8 Å². The Bertz CT molecular complexity index is 1830. The van der Waals surface area contributed by atoms with Crippen molar-refractivity contribution in [3.8, 4) is 5.69 Å². The van der Waals surface area contributed by atoms with Gasteiger partial charge in [0, 0.05) is 16.8 Å². The van der Waals surface area contributed by atoms with E-state index < -0.39 is 0 Å². The summed E-state index contributed by atoms with van der Waals surface area (Å²) in [7, 11) is 0. The second-order valence-corrected chi connectivity index (χ2v) is 10.5. The molecule has 3 aliphatic rings. The van der Waals surface area contributed by atoms with Crippen molar-refractivity contribution in [2.45, 2.75) is 26.2 Å². The van der Waals surface area contributed by atoms with E-state index >= 15 is 0 Å². The second-order valence-electron chi connectivity index (χ2n) is 10.5. The van der Waals surface area contributed by atoms with Crippen LogP contribution in [0.2, 0.25) is 0 Å². The molecule has 39 heavy (non-hydrogen) atoms. The Labute approximate surface area is 230 Å². The Balaban J connectivity index is 1.25. The van der Waals surface area contributed by atoms with Crippen molar-refractivity contribution >= 4 is 34.0 Å². The minimum atomic E-state index is 0.801. The number of para-hydroxylation sites is 1. The quantitative estimate of drug-likeness (QED) is 0.248. The van der Waals surface area contributed by atoms with Gasteiger partial charge in [-0.15, -0.1) is 0 Å². The minimum absolute atomic E-state index is 0.801. The third kappa shape index (κ3) is 4.09. The second kappa shape index (κ2) is 9.56. The first-order valence-corrected chi connectivity index (χ1v) is 13.7. The molecule has 188 valence electrons. The molecule has 0 fully saturated rings. The molecule has 0 aliphatic heterocycles. The van der Waals surface area contributed by atoms with Crippen LogP contribution in [0.25, 0.3) is 33.9 Å². The predicted molar refractivity (Wildman–Crippen MR) is 166 cm³/mol. The standard InChI is InChI=1S/C37H30N2/c1-25(27-18-20-33-30(22-27)23-29-12-6-3-9-15-32(29)33)38-26(2)28-19-21-35-34-16-10-5-11-17-36(34)39(37(35)24-28)31-13-7-4-8-14-31/h3-11,13-15,17-22,24H,1,12,16,23H2,2H3. The Hall–Kier alpha value is -4.69. The van der Waals surface area contributed by atoms with Crippen LogP contribution in [0.15, 0.2) is 126 Å². The Kier molecular flexibility index (Phi) is 5.74. The summed E-state index contributed by atoms with van der Waals surface area (Å²) in [4.78, 5) is 5.00. The van der Waals surface area contributed by atoms with E-state index in [9.17, 15) is 0 Å². The van der Waals surface area contributed by atoms with Crippen LogP contribution in [-0.2, 0) is 12.8 Å². The molecule has 0 atom stereocenters. The lowest BCUT2D eigenvalue weighted by Gasteiger charge is -2.10. The van der Waals surface area contributed by atoms with Gasteiger partial charge in [0.05, 0.1) is 16.9 Å². The fourth-order valence-electron chi connectivity index (χ4n) is 6.12. The maximum Gasteiger partial charge on any atom is 0.0633 e. The number of hydrogen-bond donors (Lipinski definition) is 0. The zero-order valence-corrected chi connectivity index (χ0v) is 22.2. The lowest BCUT2D eigenvalue weighted by molar-refractivity contribution is 1.09. The molecule has 2 heteroatoms. The molecule has 0 saturated carbocycles. The van der Waals surface area contributed by atoms with Crippen LogP contribution in [-0.4, -0.2) is 10.3 Å². The molecule has 7 rings (SSSR count). The van der Waals surface area contributed by atoms with Crippen LogP contribution in [0.1, 0.15) is 46.9 Å². The number of allylic oxidation sites excluding steroid dienone is 9. The van der Waals surface area contributed by atoms with E-state index in [1.807, 2.05) is 0 Å². The lowest BCUT2D eigenvalue weighted by Crippen LogP contribution is -1.99. The van der Waals surface area contributed by atoms with Crippen LogP contribution in [0.3, 0.4) is 0 Å². The van der Waals surface area contributed by atoms with Crippen molar-refractivity contribution in [1.82, 2.24) is 4.57 Å². The molecular formula is C37H30N2. The SMILES string of the molecule is C=C(N=C(C)c1ccc2c3c(n(-c4ccccc4)c2c1)C=CC=CC3)c1ccc2c(c1)CC1=C2C=CC=CC1. The van der Waals surface area contributed by atoms with Gasteiger partial charge >= 0.3 is 0 Å². The summed E-state index contributed by atoms with van der Waals surface area (Å²) in [6, 6.07) is 24.1. The fraction of sp³-hybridized carbons (Fsp3) is 0.108. The van der Waals surface area contributed by atoms with E-state index in [0.29, 0.717) is 0 Å². The van der Waals surface area contributed by atoms with Gasteiger partial charge in [0.1, 0.15) is 0 Å². The molecule has 4 aromatic rings. The van der Waals surface area contributed by atoms with Crippen LogP contribution in [0.4, 0.5) is 0 Å². The smallest absolute Gasteiger partial charge is 0.0633 e. The van der Waals surface area contributed by atoms with Gasteiger partial charge in [0.2, 0.25) is 0 Å². The molecule has 1 heterocycles. The fourth-order valence-corrected chi connectivity index (χ4v) is 6.12. The molecule has 0 radical (unpaired) electrons. The number of fused-ring (bicyclic) bond motifs is 5. The van der Waals surface area contributed by atoms with Crippen molar-refractivity contribution in [1.29, 1.82) is 0 Å². The first-order valence-electron chi connectivity index (χ1n) is 13.7. The topological polar surface area (TPSA) is 17.3 Å². The van der Waals surface area contributed by atoms with Gasteiger partial charge in [-0.05, 0) is 89.9 Å². The first kappa shape index (κ1) is 23.4. The number of nitrogens with zero attached hydrogens (tertiary/aromatic N) is 2. The highest BCUT2D eigenvalue weighted by molar-refractivity contribution is 6.05. The largest absolute Gasteiger partial charge is 0.310 e. The number of aliphatic imine (C=N–C) groups is 1.